The number of hydrogen-bond acceptors (Lipinski definition) is 5. The highest BCUT2D eigenvalue weighted by atomic mass is 35.5. The quantitative estimate of drug-likeness (QED) is 0.206. The first kappa shape index (κ1) is 24.5. The first-order valence-electron chi connectivity index (χ1n) is 14.0. The van der Waals surface area contributed by atoms with Crippen LogP contribution >= 0.6 is 22.9 Å². The lowest BCUT2D eigenvalue weighted by Crippen LogP contribution is -2.00. The van der Waals surface area contributed by atoms with Gasteiger partial charge >= 0.3 is 0 Å². The molecule has 0 saturated heterocycles. The molecule has 0 spiro atoms. The van der Waals surface area contributed by atoms with Gasteiger partial charge in [-0.1, -0.05) is 84.4 Å². The van der Waals surface area contributed by atoms with E-state index in [9.17, 15) is 0 Å². The van der Waals surface area contributed by atoms with Crippen LogP contribution in [0.15, 0.2) is 126 Å². The monoisotopic (exact) mass is 589 g/mol. The lowest BCUT2D eigenvalue weighted by Gasteiger charge is -2.10. The summed E-state index contributed by atoms with van der Waals surface area (Å²) in [6.45, 7) is 0. The molecule has 0 radical (unpaired) electrons. The standard InChI is InChI=1S/C37H20ClN3OS/c38-30-20-32-27(26-16-22-10-4-5-11-23(22)18-31(26)42-32)19-29(30)37-40-35(21-8-2-1-3-9-21)39-36(41-37)24-14-15-34-28(17-24)25-12-6-7-13-33(25)43-34/h1-20H. The van der Waals surface area contributed by atoms with Gasteiger partial charge in [0, 0.05) is 53.7 Å². The lowest BCUT2D eigenvalue weighted by molar-refractivity contribution is 0.669. The summed E-state index contributed by atoms with van der Waals surface area (Å²) in [4.78, 5) is 14.9. The smallest absolute Gasteiger partial charge is 0.165 e. The minimum absolute atomic E-state index is 0.515. The molecule has 4 nitrogen and oxygen atoms in total. The first-order valence-corrected chi connectivity index (χ1v) is 15.2. The number of furan rings is 1. The van der Waals surface area contributed by atoms with Gasteiger partial charge in [0.2, 0.25) is 0 Å². The second-order valence-electron chi connectivity index (χ2n) is 10.6. The van der Waals surface area contributed by atoms with Crippen molar-refractivity contribution in [3.63, 3.8) is 0 Å². The van der Waals surface area contributed by atoms with E-state index in [0.29, 0.717) is 22.5 Å². The van der Waals surface area contributed by atoms with E-state index in [-0.39, 0.29) is 0 Å². The predicted molar refractivity (Wildman–Crippen MR) is 179 cm³/mol. The van der Waals surface area contributed by atoms with Crippen LogP contribution < -0.4 is 0 Å². The van der Waals surface area contributed by atoms with Gasteiger partial charge in [0.05, 0.1) is 5.02 Å². The normalized spacial score (nSPS) is 11.8. The summed E-state index contributed by atoms with van der Waals surface area (Å²) in [6.07, 6.45) is 0. The predicted octanol–water partition coefficient (Wildman–Crippen LogP) is 10.9. The van der Waals surface area contributed by atoms with E-state index in [0.717, 1.165) is 49.4 Å². The summed E-state index contributed by atoms with van der Waals surface area (Å²) >= 11 is 8.73. The second-order valence-corrected chi connectivity index (χ2v) is 12.1. The Balaban J connectivity index is 1.28. The maximum absolute atomic E-state index is 6.94. The summed E-state index contributed by atoms with van der Waals surface area (Å²) in [5.74, 6) is 1.71. The molecule has 0 atom stereocenters. The largest absolute Gasteiger partial charge is 0.456 e. The minimum atomic E-state index is 0.515. The van der Waals surface area contributed by atoms with Gasteiger partial charge < -0.3 is 4.42 Å². The van der Waals surface area contributed by atoms with E-state index < -0.39 is 0 Å². The van der Waals surface area contributed by atoms with Gasteiger partial charge in [-0.15, -0.1) is 11.3 Å². The zero-order chi connectivity index (χ0) is 28.5. The highest BCUT2D eigenvalue weighted by Crippen LogP contribution is 2.39. The van der Waals surface area contributed by atoms with Crippen LogP contribution in [0, 0.1) is 0 Å². The van der Waals surface area contributed by atoms with Crippen LogP contribution in [0.1, 0.15) is 0 Å². The molecule has 0 unspecified atom stereocenters. The van der Waals surface area contributed by atoms with E-state index in [2.05, 4.69) is 66.7 Å². The van der Waals surface area contributed by atoms with Crippen LogP contribution in [0.3, 0.4) is 0 Å². The topological polar surface area (TPSA) is 51.8 Å². The molecule has 6 aromatic carbocycles. The van der Waals surface area contributed by atoms with Gasteiger partial charge in [-0.2, -0.15) is 0 Å². The summed E-state index contributed by atoms with van der Waals surface area (Å²) in [5.41, 5.74) is 4.11. The van der Waals surface area contributed by atoms with Crippen molar-refractivity contribution in [2.45, 2.75) is 0 Å². The summed E-state index contributed by atoms with van der Waals surface area (Å²) in [6, 6.07) is 41.3. The van der Waals surface area contributed by atoms with Crippen molar-refractivity contribution in [3.8, 4) is 34.2 Å². The molecule has 0 N–H and O–H groups in total. The maximum atomic E-state index is 6.94. The van der Waals surface area contributed by atoms with Gasteiger partial charge in [-0.05, 0) is 53.2 Å². The average Bonchev–Trinajstić information content (AvgIpc) is 3.60. The SMILES string of the molecule is Clc1cc2oc3cc4ccccc4cc3c2cc1-c1nc(-c2ccccc2)nc(-c2ccc3sc4ccccc4c3c2)n1. The Morgan fingerprint density at radius 1 is 0.488 bits per heavy atom. The van der Waals surface area contributed by atoms with E-state index in [1.165, 1.54) is 20.2 Å². The molecule has 202 valence electrons. The van der Waals surface area contributed by atoms with Crippen molar-refractivity contribution in [1.82, 2.24) is 15.0 Å². The van der Waals surface area contributed by atoms with Crippen LogP contribution in [-0.4, -0.2) is 15.0 Å². The molecular weight excluding hydrogens is 570 g/mol. The minimum Gasteiger partial charge on any atom is -0.456 e. The van der Waals surface area contributed by atoms with E-state index >= 15 is 0 Å². The van der Waals surface area contributed by atoms with Gasteiger partial charge in [0.25, 0.3) is 0 Å². The fraction of sp³-hybridized carbons (Fsp3) is 0. The number of halogens is 1. The fourth-order valence-corrected chi connectivity index (χ4v) is 7.19. The van der Waals surface area contributed by atoms with Gasteiger partial charge in [-0.3, -0.25) is 0 Å². The highest BCUT2D eigenvalue weighted by molar-refractivity contribution is 7.25. The Hall–Kier alpha value is -5.10. The van der Waals surface area contributed by atoms with Crippen molar-refractivity contribution in [2.24, 2.45) is 0 Å². The van der Waals surface area contributed by atoms with Crippen LogP contribution in [0.4, 0.5) is 0 Å². The number of fused-ring (bicyclic) bond motifs is 7. The molecule has 0 bridgehead atoms. The molecule has 3 heterocycles. The Morgan fingerprint density at radius 3 is 2.00 bits per heavy atom. The number of thiophene rings is 1. The van der Waals surface area contributed by atoms with Crippen molar-refractivity contribution >= 4 is 75.8 Å². The molecule has 0 fully saturated rings. The molecule has 6 heteroatoms. The molecule has 0 saturated carbocycles. The molecular formula is C37H20ClN3OS. The zero-order valence-electron chi connectivity index (χ0n) is 22.6. The molecule has 0 aliphatic carbocycles. The van der Waals surface area contributed by atoms with Crippen molar-refractivity contribution < 1.29 is 4.42 Å². The molecule has 3 aromatic heterocycles. The summed E-state index contributed by atoms with van der Waals surface area (Å²) in [7, 11) is 0. The van der Waals surface area contributed by atoms with Crippen LogP contribution in [0.25, 0.3) is 87.0 Å². The Kier molecular flexibility index (Phi) is 5.39. The van der Waals surface area contributed by atoms with Crippen LogP contribution in [0.2, 0.25) is 5.02 Å². The number of benzene rings is 6. The number of hydrogen-bond donors (Lipinski definition) is 0. The van der Waals surface area contributed by atoms with Crippen LogP contribution in [-0.2, 0) is 0 Å². The zero-order valence-corrected chi connectivity index (χ0v) is 24.2. The number of aromatic nitrogens is 3. The molecule has 9 rings (SSSR count). The molecule has 0 aliphatic rings. The average molecular weight is 590 g/mol. The fourth-order valence-electron chi connectivity index (χ4n) is 5.86. The third-order valence-electron chi connectivity index (χ3n) is 7.97. The highest BCUT2D eigenvalue weighted by Gasteiger charge is 2.18. The maximum Gasteiger partial charge on any atom is 0.165 e. The lowest BCUT2D eigenvalue weighted by atomic mass is 10.0. The molecule has 0 aliphatic heterocycles. The summed E-state index contributed by atoms with van der Waals surface area (Å²) in [5, 5.41) is 7.22. The van der Waals surface area contributed by atoms with Gasteiger partial charge in [0.1, 0.15) is 11.2 Å². The third-order valence-corrected chi connectivity index (χ3v) is 9.43. The Bertz CT molecular complexity index is 2530. The molecule has 9 aromatic rings. The van der Waals surface area contributed by atoms with E-state index in [4.69, 9.17) is 31.0 Å². The van der Waals surface area contributed by atoms with Crippen molar-refractivity contribution in [1.29, 1.82) is 0 Å². The van der Waals surface area contributed by atoms with Gasteiger partial charge in [-0.25, -0.2) is 15.0 Å². The van der Waals surface area contributed by atoms with Crippen molar-refractivity contribution in [2.75, 3.05) is 0 Å². The number of nitrogens with zero attached hydrogens (tertiary/aromatic N) is 3. The third kappa shape index (κ3) is 4.01. The molecule has 0 amide bonds. The van der Waals surface area contributed by atoms with E-state index in [1.54, 1.807) is 11.3 Å². The van der Waals surface area contributed by atoms with Crippen LogP contribution in [0.5, 0.6) is 0 Å². The second kappa shape index (κ2) is 9.46. The first-order chi connectivity index (χ1) is 21.2. The van der Waals surface area contributed by atoms with E-state index in [1.807, 2.05) is 54.6 Å². The Morgan fingerprint density at radius 2 is 1.14 bits per heavy atom. The summed E-state index contributed by atoms with van der Waals surface area (Å²) < 4.78 is 8.74. The number of rotatable bonds is 3. The van der Waals surface area contributed by atoms with Gasteiger partial charge in [0.15, 0.2) is 17.5 Å². The van der Waals surface area contributed by atoms with Crippen molar-refractivity contribution in [3.05, 3.63) is 126 Å². The Labute approximate surface area is 254 Å². The molecule has 43 heavy (non-hydrogen) atoms.